The number of rotatable bonds is 4. The number of anilines is 1. The highest BCUT2D eigenvalue weighted by atomic mass is 32.2. The minimum Gasteiger partial charge on any atom is -0.325 e. The van der Waals surface area contributed by atoms with E-state index in [1.54, 1.807) is 0 Å². The topological polar surface area (TPSA) is 76.1 Å². The molecule has 1 aromatic heterocycles. The van der Waals surface area contributed by atoms with E-state index in [-0.39, 0.29) is 10.9 Å². The van der Waals surface area contributed by atoms with Crippen molar-refractivity contribution in [2.45, 2.75) is 24.8 Å². The summed E-state index contributed by atoms with van der Waals surface area (Å²) in [6.07, 6.45) is 3.63. The largest absolute Gasteiger partial charge is 0.325 e. The van der Waals surface area contributed by atoms with Crippen LogP contribution >= 0.6 is 0 Å². The smallest absolute Gasteiger partial charge is 0.224 e. The summed E-state index contributed by atoms with van der Waals surface area (Å²) >= 11 is 0. The summed E-state index contributed by atoms with van der Waals surface area (Å²) in [5.74, 6) is -0.101. The van der Waals surface area contributed by atoms with E-state index in [4.69, 9.17) is 0 Å². The summed E-state index contributed by atoms with van der Waals surface area (Å²) in [6.45, 7) is 1.91. The average molecular weight is 242 g/mol. The zero-order valence-electron chi connectivity index (χ0n) is 9.23. The van der Waals surface area contributed by atoms with E-state index >= 15 is 0 Å². The highest BCUT2D eigenvalue weighted by Crippen LogP contribution is 2.10. The molecule has 5 nitrogen and oxygen atoms in total. The molecule has 0 aromatic carbocycles. The van der Waals surface area contributed by atoms with Crippen LogP contribution in [-0.2, 0) is 14.6 Å². The van der Waals surface area contributed by atoms with Crippen molar-refractivity contribution in [2.75, 3.05) is 11.6 Å². The lowest BCUT2D eigenvalue weighted by atomic mass is 10.3. The van der Waals surface area contributed by atoms with Crippen molar-refractivity contribution >= 4 is 21.4 Å². The maximum atomic E-state index is 11.2. The van der Waals surface area contributed by atoms with Gasteiger partial charge in [-0.25, -0.2) is 13.4 Å². The predicted molar refractivity (Wildman–Crippen MR) is 60.9 cm³/mol. The Morgan fingerprint density at radius 1 is 1.44 bits per heavy atom. The molecule has 0 unspecified atom stereocenters. The number of sulfone groups is 1. The van der Waals surface area contributed by atoms with Gasteiger partial charge in [0.05, 0.1) is 11.9 Å². The van der Waals surface area contributed by atoms with Crippen molar-refractivity contribution in [1.82, 2.24) is 4.98 Å². The first-order valence-corrected chi connectivity index (χ1v) is 6.78. The summed E-state index contributed by atoms with van der Waals surface area (Å²) in [6, 6.07) is 2.90. The monoisotopic (exact) mass is 242 g/mol. The minimum atomic E-state index is -3.28. The Morgan fingerprint density at radius 3 is 2.56 bits per heavy atom. The third-order valence-electron chi connectivity index (χ3n) is 1.88. The summed E-state index contributed by atoms with van der Waals surface area (Å²) in [4.78, 5) is 15.0. The first-order chi connectivity index (χ1) is 7.43. The van der Waals surface area contributed by atoms with Gasteiger partial charge in [0.1, 0.15) is 0 Å². The van der Waals surface area contributed by atoms with Crippen LogP contribution in [0.2, 0.25) is 0 Å². The van der Waals surface area contributed by atoms with E-state index in [0.717, 1.165) is 12.7 Å². The Hall–Kier alpha value is -1.43. The molecule has 16 heavy (non-hydrogen) atoms. The van der Waals surface area contributed by atoms with Gasteiger partial charge in [-0.05, 0) is 18.6 Å². The van der Waals surface area contributed by atoms with E-state index < -0.39 is 9.84 Å². The molecule has 0 aliphatic carbocycles. The quantitative estimate of drug-likeness (QED) is 0.861. The molecular weight excluding hydrogens is 228 g/mol. The molecule has 1 rings (SSSR count). The van der Waals surface area contributed by atoms with Crippen LogP contribution in [0.3, 0.4) is 0 Å². The molecule has 0 bridgehead atoms. The molecule has 0 saturated heterocycles. The summed E-state index contributed by atoms with van der Waals surface area (Å²) in [5.41, 5.74) is 0.505. The maximum absolute atomic E-state index is 11.2. The van der Waals surface area contributed by atoms with Gasteiger partial charge in [-0.15, -0.1) is 0 Å². The summed E-state index contributed by atoms with van der Waals surface area (Å²) in [7, 11) is -3.28. The first-order valence-electron chi connectivity index (χ1n) is 4.89. The number of hydrogen-bond acceptors (Lipinski definition) is 4. The fourth-order valence-corrected chi connectivity index (χ4v) is 1.68. The normalized spacial score (nSPS) is 11.1. The van der Waals surface area contributed by atoms with Gasteiger partial charge in [0.15, 0.2) is 14.9 Å². The Morgan fingerprint density at radius 2 is 2.12 bits per heavy atom. The fraction of sp³-hybridized carbons (Fsp3) is 0.400. The van der Waals surface area contributed by atoms with Gasteiger partial charge in [0.25, 0.3) is 0 Å². The number of amides is 1. The van der Waals surface area contributed by atoms with Gasteiger partial charge >= 0.3 is 0 Å². The molecule has 1 aromatic rings. The van der Waals surface area contributed by atoms with Crippen LogP contribution in [-0.4, -0.2) is 25.6 Å². The summed E-state index contributed by atoms with van der Waals surface area (Å²) in [5, 5.41) is 2.63. The van der Waals surface area contributed by atoms with Crippen molar-refractivity contribution in [3.05, 3.63) is 18.3 Å². The van der Waals surface area contributed by atoms with E-state index in [9.17, 15) is 13.2 Å². The zero-order valence-corrected chi connectivity index (χ0v) is 10.0. The van der Waals surface area contributed by atoms with Crippen LogP contribution in [0.1, 0.15) is 19.8 Å². The van der Waals surface area contributed by atoms with Crippen LogP contribution in [0, 0.1) is 0 Å². The lowest BCUT2D eigenvalue weighted by Gasteiger charge is -2.04. The maximum Gasteiger partial charge on any atom is 0.224 e. The molecule has 6 heteroatoms. The van der Waals surface area contributed by atoms with Gasteiger partial charge < -0.3 is 5.32 Å². The number of pyridine rings is 1. The molecule has 0 radical (unpaired) electrons. The number of aromatic nitrogens is 1. The van der Waals surface area contributed by atoms with E-state index in [2.05, 4.69) is 10.3 Å². The molecule has 0 aliphatic rings. The Bertz CT molecular complexity index is 465. The van der Waals surface area contributed by atoms with Gasteiger partial charge in [-0.3, -0.25) is 4.79 Å². The molecule has 0 aliphatic heterocycles. The van der Waals surface area contributed by atoms with Gasteiger partial charge in [0.2, 0.25) is 5.91 Å². The van der Waals surface area contributed by atoms with E-state index in [0.29, 0.717) is 12.1 Å². The van der Waals surface area contributed by atoms with Crippen LogP contribution in [0.4, 0.5) is 5.69 Å². The highest BCUT2D eigenvalue weighted by Gasteiger charge is 2.08. The molecule has 1 heterocycles. The number of carbonyl (C=O) groups excluding carboxylic acids is 1. The fourth-order valence-electron chi connectivity index (χ4n) is 1.12. The van der Waals surface area contributed by atoms with Crippen LogP contribution < -0.4 is 5.32 Å². The summed E-state index contributed by atoms with van der Waals surface area (Å²) < 4.78 is 22.2. The second kappa shape index (κ2) is 5.07. The van der Waals surface area contributed by atoms with Crippen molar-refractivity contribution < 1.29 is 13.2 Å². The van der Waals surface area contributed by atoms with Crippen molar-refractivity contribution in [1.29, 1.82) is 0 Å². The SMILES string of the molecule is CCCC(=O)Nc1ccc(S(C)(=O)=O)nc1. The van der Waals surface area contributed by atoms with Crippen LogP contribution in [0.25, 0.3) is 0 Å². The standard InChI is InChI=1S/C10H14N2O3S/c1-3-4-9(13)12-8-5-6-10(11-7-8)16(2,14)15/h5-7H,3-4H2,1-2H3,(H,12,13). The van der Waals surface area contributed by atoms with Crippen molar-refractivity contribution in [3.8, 4) is 0 Å². The predicted octanol–water partition coefficient (Wildman–Crippen LogP) is 1.22. The van der Waals surface area contributed by atoms with Crippen LogP contribution in [0.15, 0.2) is 23.4 Å². The van der Waals surface area contributed by atoms with Crippen molar-refractivity contribution in [3.63, 3.8) is 0 Å². The molecule has 1 amide bonds. The van der Waals surface area contributed by atoms with Gasteiger partial charge in [0, 0.05) is 12.7 Å². The van der Waals surface area contributed by atoms with Crippen LogP contribution in [0.5, 0.6) is 0 Å². The number of carbonyl (C=O) groups is 1. The minimum absolute atomic E-state index is 0.000917. The van der Waals surface area contributed by atoms with E-state index in [1.807, 2.05) is 6.92 Å². The van der Waals surface area contributed by atoms with Gasteiger partial charge in [-0.2, -0.15) is 0 Å². The number of nitrogens with zero attached hydrogens (tertiary/aromatic N) is 1. The Labute approximate surface area is 94.8 Å². The second-order valence-corrected chi connectivity index (χ2v) is 5.42. The average Bonchev–Trinajstić information content (AvgIpc) is 2.17. The van der Waals surface area contributed by atoms with Gasteiger partial charge in [-0.1, -0.05) is 6.92 Å². The molecule has 1 N–H and O–H groups in total. The number of nitrogens with one attached hydrogen (secondary N) is 1. The molecule has 0 saturated carbocycles. The molecule has 88 valence electrons. The Kier molecular flexibility index (Phi) is 4.00. The second-order valence-electron chi connectivity index (χ2n) is 3.46. The third kappa shape index (κ3) is 3.62. The lowest BCUT2D eigenvalue weighted by molar-refractivity contribution is -0.116. The molecule has 0 fully saturated rings. The number of hydrogen-bond donors (Lipinski definition) is 1. The lowest BCUT2D eigenvalue weighted by Crippen LogP contribution is -2.11. The third-order valence-corrected chi connectivity index (χ3v) is 2.88. The molecular formula is C10H14N2O3S. The Balaban J connectivity index is 2.76. The molecule has 0 spiro atoms. The van der Waals surface area contributed by atoms with Crippen molar-refractivity contribution in [2.24, 2.45) is 0 Å². The molecule has 0 atom stereocenters. The first kappa shape index (κ1) is 12.6. The zero-order chi connectivity index (χ0) is 12.2. The highest BCUT2D eigenvalue weighted by molar-refractivity contribution is 7.90. The van der Waals surface area contributed by atoms with E-state index in [1.165, 1.54) is 18.3 Å².